The summed E-state index contributed by atoms with van der Waals surface area (Å²) in [5.74, 6) is 0.395. The first-order valence-electron chi connectivity index (χ1n) is 10.6. The zero-order valence-electron chi connectivity index (χ0n) is 17.6. The van der Waals surface area contributed by atoms with Crippen LogP contribution in [0.2, 0.25) is 0 Å². The van der Waals surface area contributed by atoms with Crippen molar-refractivity contribution >= 4 is 0 Å². The Labute approximate surface area is 180 Å². The SMILES string of the molecule is CN1[C@H]2CCC[C@]1(C)C[C@@H](Oc1ccc(-c3ccc(-n4ccnc4)cc3O)nn1)[C@@H]2F. The third kappa shape index (κ3) is 3.54. The third-order valence-electron chi connectivity index (χ3n) is 6.90. The van der Waals surface area contributed by atoms with Gasteiger partial charge in [0.25, 0.3) is 0 Å². The van der Waals surface area contributed by atoms with Gasteiger partial charge in [-0.05, 0) is 51.4 Å². The van der Waals surface area contributed by atoms with Gasteiger partial charge in [0.05, 0.1) is 17.7 Å². The smallest absolute Gasteiger partial charge is 0.233 e. The standard InChI is InChI=1S/C23H26FN5O2/c1-23-9-3-4-18(28(23)2)22(24)20(13-23)31-21-8-7-17(26-27-21)16-6-5-15(12-19(16)30)29-11-10-25-14-29/h5-8,10-12,14,18,20,22,30H,3-4,9,13H2,1-2H3/t18-,20+,22+,23+/m0/s1. The van der Waals surface area contributed by atoms with Crippen LogP contribution in [0.3, 0.4) is 0 Å². The van der Waals surface area contributed by atoms with Gasteiger partial charge in [-0.15, -0.1) is 10.2 Å². The predicted octanol–water partition coefficient (Wildman–Crippen LogP) is 3.77. The summed E-state index contributed by atoms with van der Waals surface area (Å²) in [6, 6.07) is 8.61. The molecular weight excluding hydrogens is 397 g/mol. The van der Waals surface area contributed by atoms with Crippen LogP contribution in [0, 0.1) is 0 Å². The number of phenolic OH excluding ortho intramolecular Hbond substituents is 1. The summed E-state index contributed by atoms with van der Waals surface area (Å²) in [5, 5.41) is 18.8. The molecule has 1 N–H and O–H groups in total. The molecule has 0 amide bonds. The predicted molar refractivity (Wildman–Crippen MR) is 114 cm³/mol. The van der Waals surface area contributed by atoms with Gasteiger partial charge in [-0.1, -0.05) is 0 Å². The molecule has 7 nitrogen and oxygen atoms in total. The number of fused-ring (bicyclic) bond motifs is 2. The van der Waals surface area contributed by atoms with E-state index < -0.39 is 12.3 Å². The molecule has 2 fully saturated rings. The molecule has 2 aromatic heterocycles. The Balaban J connectivity index is 1.33. The van der Waals surface area contributed by atoms with E-state index in [1.165, 1.54) is 0 Å². The second-order valence-corrected chi connectivity index (χ2v) is 8.80. The van der Waals surface area contributed by atoms with Gasteiger partial charge < -0.3 is 14.4 Å². The van der Waals surface area contributed by atoms with Crippen molar-refractivity contribution in [3.63, 3.8) is 0 Å². The van der Waals surface area contributed by atoms with Crippen molar-refractivity contribution in [1.82, 2.24) is 24.6 Å². The minimum absolute atomic E-state index is 0.0493. The van der Waals surface area contributed by atoms with Crippen LogP contribution in [-0.2, 0) is 0 Å². The van der Waals surface area contributed by atoms with Gasteiger partial charge in [0.1, 0.15) is 11.9 Å². The molecule has 2 aliphatic rings. The second-order valence-electron chi connectivity index (χ2n) is 8.80. The molecule has 2 bridgehead atoms. The van der Waals surface area contributed by atoms with Crippen molar-refractivity contribution in [2.45, 2.75) is 56.5 Å². The number of phenols is 1. The van der Waals surface area contributed by atoms with Gasteiger partial charge in [-0.2, -0.15) is 0 Å². The summed E-state index contributed by atoms with van der Waals surface area (Å²) in [5.41, 5.74) is 1.83. The Hall–Kier alpha value is -3.00. The number of halogens is 1. The highest BCUT2D eigenvalue weighted by Gasteiger charge is 2.51. The molecule has 1 aromatic carbocycles. The maximum Gasteiger partial charge on any atom is 0.233 e. The summed E-state index contributed by atoms with van der Waals surface area (Å²) >= 11 is 0. The first kappa shape index (κ1) is 19.9. The quantitative estimate of drug-likeness (QED) is 0.689. The Bertz CT molecular complexity index is 1060. The topological polar surface area (TPSA) is 76.3 Å². The molecule has 2 aliphatic heterocycles. The lowest BCUT2D eigenvalue weighted by Crippen LogP contribution is -2.65. The maximum absolute atomic E-state index is 15.1. The molecule has 0 radical (unpaired) electrons. The summed E-state index contributed by atoms with van der Waals surface area (Å²) in [4.78, 5) is 6.20. The summed E-state index contributed by atoms with van der Waals surface area (Å²) < 4.78 is 22.9. The lowest BCUT2D eigenvalue weighted by molar-refractivity contribution is -0.105. The van der Waals surface area contributed by atoms with Crippen molar-refractivity contribution in [1.29, 1.82) is 0 Å². The van der Waals surface area contributed by atoms with E-state index >= 15 is 4.39 Å². The molecule has 0 unspecified atom stereocenters. The molecule has 162 valence electrons. The van der Waals surface area contributed by atoms with Crippen LogP contribution in [-0.4, -0.2) is 60.7 Å². The molecule has 2 saturated heterocycles. The van der Waals surface area contributed by atoms with Gasteiger partial charge in [0, 0.05) is 48.1 Å². The van der Waals surface area contributed by atoms with Gasteiger partial charge in [0.15, 0.2) is 6.17 Å². The van der Waals surface area contributed by atoms with Crippen molar-refractivity contribution < 1.29 is 14.2 Å². The number of hydrogen-bond donors (Lipinski definition) is 1. The lowest BCUT2D eigenvalue weighted by Gasteiger charge is -2.54. The number of aromatic nitrogens is 4. The zero-order chi connectivity index (χ0) is 21.6. The molecule has 31 heavy (non-hydrogen) atoms. The number of benzene rings is 1. The number of nitrogens with zero attached hydrogens (tertiary/aromatic N) is 5. The van der Waals surface area contributed by atoms with Crippen LogP contribution < -0.4 is 4.74 Å². The fourth-order valence-electron chi connectivity index (χ4n) is 4.97. The number of rotatable bonds is 4. The Morgan fingerprint density at radius 2 is 2.10 bits per heavy atom. The maximum atomic E-state index is 15.1. The van der Waals surface area contributed by atoms with Gasteiger partial charge in [-0.3, -0.25) is 4.90 Å². The average Bonchev–Trinajstić information content (AvgIpc) is 3.29. The minimum atomic E-state index is -1.06. The van der Waals surface area contributed by atoms with E-state index in [1.54, 1.807) is 47.6 Å². The second kappa shape index (κ2) is 7.60. The Kier molecular flexibility index (Phi) is 4.89. The normalized spacial score (nSPS) is 28.4. The van der Waals surface area contributed by atoms with E-state index in [2.05, 4.69) is 27.0 Å². The highest BCUT2D eigenvalue weighted by molar-refractivity contribution is 5.68. The largest absolute Gasteiger partial charge is 0.507 e. The third-order valence-corrected chi connectivity index (χ3v) is 6.90. The van der Waals surface area contributed by atoms with Crippen LogP contribution >= 0.6 is 0 Å². The van der Waals surface area contributed by atoms with Crippen molar-refractivity contribution in [3.8, 4) is 28.6 Å². The fraction of sp³-hybridized carbons (Fsp3) is 0.435. The number of ether oxygens (including phenoxy) is 1. The Morgan fingerprint density at radius 1 is 1.23 bits per heavy atom. The number of alkyl halides is 1. The zero-order valence-corrected chi connectivity index (χ0v) is 17.6. The van der Waals surface area contributed by atoms with E-state index in [4.69, 9.17) is 4.74 Å². The van der Waals surface area contributed by atoms with Crippen LogP contribution in [0.15, 0.2) is 49.1 Å². The van der Waals surface area contributed by atoms with Crippen LogP contribution in [0.5, 0.6) is 11.6 Å². The van der Waals surface area contributed by atoms with Crippen molar-refractivity contribution in [2.75, 3.05) is 7.05 Å². The van der Waals surface area contributed by atoms with Crippen LogP contribution in [0.1, 0.15) is 32.6 Å². The van der Waals surface area contributed by atoms with E-state index in [0.717, 1.165) is 24.9 Å². The van der Waals surface area contributed by atoms with Gasteiger partial charge >= 0.3 is 0 Å². The summed E-state index contributed by atoms with van der Waals surface area (Å²) in [6.45, 7) is 2.19. The number of hydrogen-bond acceptors (Lipinski definition) is 6. The highest BCUT2D eigenvalue weighted by atomic mass is 19.1. The summed E-state index contributed by atoms with van der Waals surface area (Å²) in [6.07, 6.45) is 7.13. The van der Waals surface area contributed by atoms with Crippen LogP contribution in [0.25, 0.3) is 16.9 Å². The average molecular weight is 423 g/mol. The molecule has 0 saturated carbocycles. The molecule has 5 rings (SSSR count). The number of imidazole rings is 1. The summed E-state index contributed by atoms with van der Waals surface area (Å²) in [7, 11) is 2.02. The molecule has 3 aromatic rings. The minimum Gasteiger partial charge on any atom is -0.507 e. The molecule has 0 spiro atoms. The van der Waals surface area contributed by atoms with E-state index in [1.807, 2.05) is 13.1 Å². The van der Waals surface area contributed by atoms with E-state index in [0.29, 0.717) is 23.6 Å². The highest BCUT2D eigenvalue weighted by Crippen LogP contribution is 2.43. The van der Waals surface area contributed by atoms with E-state index in [9.17, 15) is 5.11 Å². The molecule has 8 heteroatoms. The monoisotopic (exact) mass is 423 g/mol. The molecule has 4 heterocycles. The molecule has 0 aliphatic carbocycles. The molecular formula is C23H26FN5O2. The van der Waals surface area contributed by atoms with Gasteiger partial charge in [-0.25, -0.2) is 9.37 Å². The van der Waals surface area contributed by atoms with Gasteiger partial charge in [0.2, 0.25) is 5.88 Å². The Morgan fingerprint density at radius 3 is 2.81 bits per heavy atom. The van der Waals surface area contributed by atoms with Crippen LogP contribution in [0.4, 0.5) is 4.39 Å². The van der Waals surface area contributed by atoms with Crippen molar-refractivity contribution in [2.24, 2.45) is 0 Å². The molecule has 4 atom stereocenters. The number of piperidine rings is 2. The van der Waals surface area contributed by atoms with Crippen molar-refractivity contribution in [3.05, 3.63) is 49.1 Å². The lowest BCUT2D eigenvalue weighted by atomic mass is 9.74. The first-order chi connectivity index (χ1) is 14.9. The van der Waals surface area contributed by atoms with E-state index in [-0.39, 0.29) is 17.3 Å². The number of aromatic hydroxyl groups is 1. The first-order valence-corrected chi connectivity index (χ1v) is 10.6. The fourth-order valence-corrected chi connectivity index (χ4v) is 4.97.